The number of carbonyl (C=O) groups is 1. The van der Waals surface area contributed by atoms with Gasteiger partial charge in [-0.15, -0.1) is 0 Å². The van der Waals surface area contributed by atoms with Gasteiger partial charge in [0.05, 0.1) is 15.7 Å². The number of nitrogens with one attached hydrogen (secondary N) is 3. The number of amides is 2. The first-order valence-corrected chi connectivity index (χ1v) is 8.75. The van der Waals surface area contributed by atoms with E-state index in [-0.39, 0.29) is 21.4 Å². The van der Waals surface area contributed by atoms with Crippen molar-refractivity contribution in [3.63, 3.8) is 0 Å². The highest BCUT2D eigenvalue weighted by atomic mass is 35.5. The van der Waals surface area contributed by atoms with Gasteiger partial charge >= 0.3 is 6.03 Å². The summed E-state index contributed by atoms with van der Waals surface area (Å²) in [5, 5.41) is 9.32. The standard InChI is InChI=1S/C12H9Cl3N4O4S/c13-5-2-1-3-6(8(5)14)18-12(21)19-7-4-17-11(15)10(9(7)20)24(16,22)23/h1-4H,(H,17,20)(H2,16,22,23)(H2,18,19,21). The van der Waals surface area contributed by atoms with Crippen LogP contribution in [-0.4, -0.2) is 19.4 Å². The fourth-order valence-electron chi connectivity index (χ4n) is 1.71. The van der Waals surface area contributed by atoms with Crippen LogP contribution in [0.4, 0.5) is 16.2 Å². The topological polar surface area (TPSA) is 134 Å². The van der Waals surface area contributed by atoms with Crippen molar-refractivity contribution in [2.75, 3.05) is 10.6 Å². The Kier molecular flexibility index (Phi) is 5.41. The number of aromatic nitrogens is 1. The number of nitrogens with two attached hydrogens (primary N) is 1. The van der Waals surface area contributed by atoms with Crippen LogP contribution in [0.1, 0.15) is 0 Å². The van der Waals surface area contributed by atoms with E-state index in [0.29, 0.717) is 0 Å². The van der Waals surface area contributed by atoms with Crippen LogP contribution in [0.5, 0.6) is 0 Å². The zero-order valence-corrected chi connectivity index (χ0v) is 14.6. The average molecular weight is 412 g/mol. The number of urea groups is 1. The lowest BCUT2D eigenvalue weighted by Crippen LogP contribution is -2.28. The molecule has 1 aromatic heterocycles. The molecule has 2 amide bonds. The van der Waals surface area contributed by atoms with Gasteiger partial charge in [0, 0.05) is 6.20 Å². The molecule has 5 N–H and O–H groups in total. The molecule has 1 heterocycles. The number of sulfonamides is 1. The van der Waals surface area contributed by atoms with Gasteiger partial charge in [-0.25, -0.2) is 18.4 Å². The lowest BCUT2D eigenvalue weighted by Gasteiger charge is -2.10. The van der Waals surface area contributed by atoms with Crippen molar-refractivity contribution in [1.29, 1.82) is 0 Å². The minimum Gasteiger partial charge on any atom is -0.349 e. The molecule has 128 valence electrons. The van der Waals surface area contributed by atoms with E-state index in [1.54, 1.807) is 6.07 Å². The number of benzene rings is 1. The first-order chi connectivity index (χ1) is 11.1. The summed E-state index contributed by atoms with van der Waals surface area (Å²) in [6, 6.07) is 3.70. The van der Waals surface area contributed by atoms with Gasteiger partial charge in [0.15, 0.2) is 4.90 Å². The fourth-order valence-corrected chi connectivity index (χ4v) is 3.20. The molecule has 0 spiro atoms. The first kappa shape index (κ1) is 18.6. The number of H-pyrrole nitrogens is 1. The monoisotopic (exact) mass is 410 g/mol. The number of halogens is 3. The maximum Gasteiger partial charge on any atom is 0.323 e. The molecule has 0 aliphatic rings. The van der Waals surface area contributed by atoms with Gasteiger partial charge in [-0.05, 0) is 12.1 Å². The number of pyridine rings is 1. The van der Waals surface area contributed by atoms with Gasteiger partial charge in [0.1, 0.15) is 10.8 Å². The maximum atomic E-state index is 12.1. The van der Waals surface area contributed by atoms with Gasteiger partial charge in [-0.1, -0.05) is 40.9 Å². The molecule has 0 fully saturated rings. The molecule has 1 aromatic carbocycles. The van der Waals surface area contributed by atoms with Crippen molar-refractivity contribution in [2.24, 2.45) is 5.14 Å². The number of hydrogen-bond acceptors (Lipinski definition) is 4. The summed E-state index contributed by atoms with van der Waals surface area (Å²) >= 11 is 17.4. The van der Waals surface area contributed by atoms with Crippen LogP contribution in [0.15, 0.2) is 34.1 Å². The zero-order valence-electron chi connectivity index (χ0n) is 11.6. The molecule has 0 bridgehead atoms. The number of anilines is 2. The van der Waals surface area contributed by atoms with E-state index < -0.39 is 31.5 Å². The molecule has 0 radical (unpaired) electrons. The largest absolute Gasteiger partial charge is 0.349 e. The van der Waals surface area contributed by atoms with Gasteiger partial charge in [-0.3, -0.25) is 4.79 Å². The second kappa shape index (κ2) is 6.99. The number of hydrogen-bond donors (Lipinski definition) is 4. The minimum atomic E-state index is -4.38. The van der Waals surface area contributed by atoms with Crippen molar-refractivity contribution in [3.05, 3.63) is 49.8 Å². The third-order valence-corrected chi connectivity index (χ3v) is 4.91. The molecule has 0 aliphatic heterocycles. The van der Waals surface area contributed by atoms with Gasteiger partial charge in [0.2, 0.25) is 15.5 Å². The van der Waals surface area contributed by atoms with Crippen LogP contribution < -0.4 is 21.2 Å². The summed E-state index contributed by atoms with van der Waals surface area (Å²) < 4.78 is 22.8. The Morgan fingerprint density at radius 1 is 1.12 bits per heavy atom. The third-order valence-electron chi connectivity index (χ3n) is 2.73. The minimum absolute atomic E-state index is 0.101. The summed E-state index contributed by atoms with van der Waals surface area (Å²) in [5.74, 6) is 0. The molecule has 2 aromatic rings. The SMILES string of the molecule is NS(=O)(=O)c1c(Cl)[nH]cc(NC(=O)Nc2cccc(Cl)c2Cl)c1=O. The average Bonchev–Trinajstić information content (AvgIpc) is 2.45. The second-order valence-corrected chi connectivity index (χ2v) is 7.06. The number of carbonyl (C=O) groups excluding carboxylic acids is 1. The number of primary sulfonamides is 1. The van der Waals surface area contributed by atoms with Crippen LogP contribution in [0.2, 0.25) is 15.2 Å². The van der Waals surface area contributed by atoms with Crippen molar-refractivity contribution in [3.8, 4) is 0 Å². The van der Waals surface area contributed by atoms with Crippen molar-refractivity contribution in [1.82, 2.24) is 4.98 Å². The molecule has 0 atom stereocenters. The molecule has 0 saturated carbocycles. The molecule has 0 saturated heterocycles. The fraction of sp³-hybridized carbons (Fsp3) is 0. The van der Waals surface area contributed by atoms with E-state index in [4.69, 9.17) is 39.9 Å². The highest BCUT2D eigenvalue weighted by Crippen LogP contribution is 2.29. The Bertz CT molecular complexity index is 975. The molecule has 2 rings (SSSR count). The Morgan fingerprint density at radius 3 is 2.38 bits per heavy atom. The van der Waals surface area contributed by atoms with Gasteiger partial charge in [-0.2, -0.15) is 0 Å². The lowest BCUT2D eigenvalue weighted by molar-refractivity contribution is 0.262. The van der Waals surface area contributed by atoms with Crippen LogP contribution >= 0.6 is 34.8 Å². The second-order valence-electron chi connectivity index (χ2n) is 4.40. The predicted molar refractivity (Wildman–Crippen MR) is 92.5 cm³/mol. The summed E-state index contributed by atoms with van der Waals surface area (Å²) in [6.45, 7) is 0. The van der Waals surface area contributed by atoms with Crippen LogP contribution in [-0.2, 0) is 10.0 Å². The molecular weight excluding hydrogens is 403 g/mol. The van der Waals surface area contributed by atoms with E-state index in [0.717, 1.165) is 6.20 Å². The van der Waals surface area contributed by atoms with Crippen LogP contribution in [0.25, 0.3) is 0 Å². The Labute approximate surface area is 151 Å². The molecule has 0 aliphatic carbocycles. The smallest absolute Gasteiger partial charge is 0.323 e. The highest BCUT2D eigenvalue weighted by Gasteiger charge is 2.21. The van der Waals surface area contributed by atoms with Crippen molar-refractivity contribution < 1.29 is 13.2 Å². The van der Waals surface area contributed by atoms with E-state index in [9.17, 15) is 18.0 Å². The van der Waals surface area contributed by atoms with Crippen LogP contribution in [0, 0.1) is 0 Å². The van der Waals surface area contributed by atoms with E-state index in [1.807, 2.05) is 0 Å². The Balaban J connectivity index is 2.31. The van der Waals surface area contributed by atoms with Gasteiger partial charge in [0.25, 0.3) is 0 Å². The Hall–Kier alpha value is -1.78. The van der Waals surface area contributed by atoms with Crippen LogP contribution in [0.3, 0.4) is 0 Å². The third kappa shape index (κ3) is 4.00. The predicted octanol–water partition coefficient (Wildman–Crippen LogP) is 2.63. The lowest BCUT2D eigenvalue weighted by atomic mass is 10.3. The normalized spacial score (nSPS) is 11.2. The van der Waals surface area contributed by atoms with E-state index in [2.05, 4.69) is 15.6 Å². The van der Waals surface area contributed by atoms with E-state index in [1.165, 1.54) is 12.1 Å². The molecule has 0 unspecified atom stereocenters. The Morgan fingerprint density at radius 2 is 1.75 bits per heavy atom. The summed E-state index contributed by atoms with van der Waals surface area (Å²) in [6.07, 6.45) is 1.03. The molecule has 24 heavy (non-hydrogen) atoms. The molecule has 8 nitrogen and oxygen atoms in total. The summed E-state index contributed by atoms with van der Waals surface area (Å²) in [7, 11) is -4.38. The summed E-state index contributed by atoms with van der Waals surface area (Å²) in [4.78, 5) is 25.5. The quantitative estimate of drug-likeness (QED) is 0.577. The van der Waals surface area contributed by atoms with Crippen molar-refractivity contribution >= 4 is 62.2 Å². The molecular formula is C12H9Cl3N4O4S. The van der Waals surface area contributed by atoms with Crippen molar-refractivity contribution in [2.45, 2.75) is 4.90 Å². The highest BCUT2D eigenvalue weighted by molar-refractivity contribution is 7.89. The van der Waals surface area contributed by atoms with E-state index >= 15 is 0 Å². The van der Waals surface area contributed by atoms with Gasteiger partial charge < -0.3 is 15.6 Å². The zero-order chi connectivity index (χ0) is 18.1. The number of aromatic amines is 1. The first-order valence-electron chi connectivity index (χ1n) is 6.07. The number of rotatable bonds is 3. The summed E-state index contributed by atoms with van der Waals surface area (Å²) in [5.41, 5.74) is -1.24. The maximum absolute atomic E-state index is 12.1. The molecule has 12 heteroatoms.